The van der Waals surface area contributed by atoms with Crippen LogP contribution < -0.4 is 9.80 Å². The maximum Gasteiger partial charge on any atom is 0.304 e. The number of ether oxygens (including phenoxy) is 1. The van der Waals surface area contributed by atoms with Gasteiger partial charge in [0.2, 0.25) is 16.9 Å². The summed E-state index contributed by atoms with van der Waals surface area (Å²) in [6.45, 7) is 1.87. The van der Waals surface area contributed by atoms with Gasteiger partial charge in [-0.3, -0.25) is 24.2 Å². The minimum Gasteiger partial charge on any atom is -0.481 e. The van der Waals surface area contributed by atoms with E-state index in [0.717, 1.165) is 61.0 Å². The summed E-state index contributed by atoms with van der Waals surface area (Å²) in [5.41, 5.74) is 2.20. The van der Waals surface area contributed by atoms with E-state index in [1.165, 1.54) is 0 Å². The van der Waals surface area contributed by atoms with E-state index in [2.05, 4.69) is 9.97 Å². The van der Waals surface area contributed by atoms with Crippen LogP contribution in [-0.2, 0) is 19.1 Å². The average Bonchev–Trinajstić information content (AvgIpc) is 3.78. The van der Waals surface area contributed by atoms with Crippen molar-refractivity contribution in [2.45, 2.75) is 63.8 Å². The fraction of sp³-hybridized carbons (Fsp3) is 0.469. The van der Waals surface area contributed by atoms with Crippen molar-refractivity contribution in [3.05, 3.63) is 47.7 Å². The summed E-state index contributed by atoms with van der Waals surface area (Å²) in [6, 6.07) is 10.9. The summed E-state index contributed by atoms with van der Waals surface area (Å²) in [5.74, 6) is -1.14. The van der Waals surface area contributed by atoms with Gasteiger partial charge in [0.15, 0.2) is 5.13 Å². The number of amides is 2. The number of anilines is 2. The van der Waals surface area contributed by atoms with E-state index < -0.39 is 17.0 Å². The zero-order chi connectivity index (χ0) is 29.9. The van der Waals surface area contributed by atoms with Crippen molar-refractivity contribution in [2.75, 3.05) is 29.6 Å². The summed E-state index contributed by atoms with van der Waals surface area (Å²) >= 11 is 0.822. The number of carbonyl (C=O) groups excluding carboxylic acids is 2. The van der Waals surface area contributed by atoms with Gasteiger partial charge < -0.3 is 9.84 Å². The van der Waals surface area contributed by atoms with Crippen LogP contribution in [0.15, 0.2) is 42.6 Å². The number of benzene rings is 1. The lowest BCUT2D eigenvalue weighted by Gasteiger charge is -2.29. The molecule has 0 radical (unpaired) electrons. The summed E-state index contributed by atoms with van der Waals surface area (Å²) < 4.78 is 21.1. The van der Waals surface area contributed by atoms with E-state index in [0.29, 0.717) is 44.0 Å². The molecule has 9 nitrogen and oxygen atoms in total. The van der Waals surface area contributed by atoms with E-state index in [1.807, 2.05) is 30.3 Å². The molecule has 2 amide bonds. The Kier molecular flexibility index (Phi) is 8.80. The number of thiazole rings is 1. The van der Waals surface area contributed by atoms with Gasteiger partial charge in [-0.2, -0.15) is 4.39 Å². The normalized spacial score (nSPS) is 18.4. The van der Waals surface area contributed by atoms with Crippen LogP contribution in [0.2, 0.25) is 0 Å². The van der Waals surface area contributed by atoms with Gasteiger partial charge in [0.1, 0.15) is 11.5 Å². The van der Waals surface area contributed by atoms with Crippen LogP contribution in [0.25, 0.3) is 22.4 Å². The molecule has 11 heteroatoms. The molecule has 1 aromatic carbocycles. The van der Waals surface area contributed by atoms with Crippen LogP contribution in [0.1, 0.15) is 57.8 Å². The number of aliphatic carboxylic acids is 1. The van der Waals surface area contributed by atoms with Crippen molar-refractivity contribution in [2.24, 2.45) is 11.8 Å². The first kappa shape index (κ1) is 29.4. The number of aromatic nitrogens is 2. The van der Waals surface area contributed by atoms with E-state index in [1.54, 1.807) is 22.1 Å². The van der Waals surface area contributed by atoms with Gasteiger partial charge in [0, 0.05) is 55.5 Å². The number of carboxylic acid groups (broad SMARTS) is 1. The second-order valence-corrected chi connectivity index (χ2v) is 12.5. The number of piperidine rings is 1. The highest BCUT2D eigenvalue weighted by molar-refractivity contribution is 7.14. The minimum atomic E-state index is -1.02. The molecule has 2 saturated heterocycles. The number of hydrogen-bond donors (Lipinski definition) is 1. The second-order valence-electron chi connectivity index (χ2n) is 11.6. The SMILES string of the molecule is O=C(O)CC(CC1CCOCC1)C(=O)N(c1nc(-c2ccccc2-c2ccc(N3CCCCC3=O)nc2)c(F)s1)C1CC1. The monoisotopic (exact) mass is 606 g/mol. The number of rotatable bonds is 10. The lowest BCUT2D eigenvalue weighted by atomic mass is 9.86. The molecule has 3 aromatic rings. The second kappa shape index (κ2) is 12.9. The van der Waals surface area contributed by atoms with Gasteiger partial charge in [0.25, 0.3) is 0 Å². The van der Waals surface area contributed by atoms with Crippen molar-refractivity contribution in [1.82, 2.24) is 9.97 Å². The molecule has 226 valence electrons. The molecule has 1 N–H and O–H groups in total. The van der Waals surface area contributed by atoms with Crippen LogP contribution in [0.5, 0.6) is 0 Å². The minimum absolute atomic E-state index is 0.0667. The van der Waals surface area contributed by atoms with Crippen LogP contribution in [0.4, 0.5) is 15.3 Å². The van der Waals surface area contributed by atoms with Crippen molar-refractivity contribution in [1.29, 1.82) is 0 Å². The number of carboxylic acids is 1. The zero-order valence-electron chi connectivity index (χ0n) is 23.9. The molecule has 43 heavy (non-hydrogen) atoms. The predicted molar refractivity (Wildman–Crippen MR) is 161 cm³/mol. The molecule has 1 atom stereocenters. The third-order valence-corrected chi connectivity index (χ3v) is 9.34. The smallest absolute Gasteiger partial charge is 0.304 e. The molecule has 6 rings (SSSR count). The van der Waals surface area contributed by atoms with Crippen molar-refractivity contribution < 1.29 is 28.6 Å². The lowest BCUT2D eigenvalue weighted by molar-refractivity contribution is -0.141. The molecule has 0 bridgehead atoms. The Morgan fingerprint density at radius 1 is 1.09 bits per heavy atom. The number of halogens is 1. The first-order valence-electron chi connectivity index (χ1n) is 15.0. The number of carbonyl (C=O) groups is 3. The zero-order valence-corrected chi connectivity index (χ0v) is 24.7. The fourth-order valence-electron chi connectivity index (χ4n) is 6.08. The molecule has 1 aliphatic carbocycles. The highest BCUT2D eigenvalue weighted by Crippen LogP contribution is 2.42. The Bertz CT molecular complexity index is 1490. The molecule has 4 heterocycles. The maximum absolute atomic E-state index is 15.7. The molecule has 2 aliphatic heterocycles. The van der Waals surface area contributed by atoms with Gasteiger partial charge in [-0.1, -0.05) is 35.6 Å². The first-order valence-corrected chi connectivity index (χ1v) is 15.9. The highest BCUT2D eigenvalue weighted by Gasteiger charge is 2.40. The standard InChI is InChI=1S/C32H35FN4O5S/c33-30-29(25-6-2-1-5-24(25)21-8-11-26(34-19-21)36-14-4-3-7-27(36)38)35-32(43-30)37(23-9-10-23)31(41)22(18-28(39)40)17-20-12-15-42-16-13-20/h1-2,5-6,8,11,19-20,22-23H,3-4,7,9-10,12-18H2,(H,39,40). The highest BCUT2D eigenvalue weighted by atomic mass is 32.1. The molecular formula is C32H35FN4O5S. The fourth-order valence-corrected chi connectivity index (χ4v) is 6.97. The topological polar surface area (TPSA) is 113 Å². The molecular weight excluding hydrogens is 571 g/mol. The van der Waals surface area contributed by atoms with Crippen LogP contribution in [-0.4, -0.2) is 58.7 Å². The molecule has 1 saturated carbocycles. The molecule has 1 unspecified atom stereocenters. The molecule has 2 aromatic heterocycles. The van der Waals surface area contributed by atoms with Gasteiger partial charge in [-0.05, 0) is 68.6 Å². The van der Waals surface area contributed by atoms with E-state index in [-0.39, 0.29) is 41.0 Å². The Morgan fingerprint density at radius 3 is 2.53 bits per heavy atom. The number of hydrogen-bond acceptors (Lipinski definition) is 7. The quantitative estimate of drug-likeness (QED) is 0.304. The summed E-state index contributed by atoms with van der Waals surface area (Å²) in [4.78, 5) is 50.5. The van der Waals surface area contributed by atoms with Gasteiger partial charge in [0.05, 0.1) is 6.42 Å². The Labute approximate surface area is 253 Å². The van der Waals surface area contributed by atoms with Crippen molar-refractivity contribution in [3.8, 4) is 22.4 Å². The van der Waals surface area contributed by atoms with Crippen molar-refractivity contribution in [3.63, 3.8) is 0 Å². The first-order chi connectivity index (χ1) is 20.9. The maximum atomic E-state index is 15.7. The average molecular weight is 607 g/mol. The number of pyridine rings is 1. The Hall–Kier alpha value is -3.70. The summed E-state index contributed by atoms with van der Waals surface area (Å²) in [6.07, 6.45) is 7.37. The molecule has 3 fully saturated rings. The lowest BCUT2D eigenvalue weighted by Crippen LogP contribution is -2.40. The number of nitrogens with zero attached hydrogens (tertiary/aromatic N) is 4. The van der Waals surface area contributed by atoms with Crippen LogP contribution in [0.3, 0.4) is 0 Å². The van der Waals surface area contributed by atoms with Crippen LogP contribution in [0, 0.1) is 17.0 Å². The van der Waals surface area contributed by atoms with Crippen molar-refractivity contribution >= 4 is 40.1 Å². The summed E-state index contributed by atoms with van der Waals surface area (Å²) in [5, 5.41) is 9.36. The van der Waals surface area contributed by atoms with Gasteiger partial charge in [-0.15, -0.1) is 0 Å². The van der Waals surface area contributed by atoms with Crippen LogP contribution >= 0.6 is 11.3 Å². The van der Waals surface area contributed by atoms with Gasteiger partial charge >= 0.3 is 5.97 Å². The largest absolute Gasteiger partial charge is 0.481 e. The third kappa shape index (κ3) is 6.62. The summed E-state index contributed by atoms with van der Waals surface area (Å²) in [7, 11) is 0. The Balaban J connectivity index is 1.28. The van der Waals surface area contributed by atoms with E-state index >= 15 is 4.39 Å². The Morgan fingerprint density at radius 2 is 1.86 bits per heavy atom. The molecule has 0 spiro atoms. The molecule has 3 aliphatic rings. The van der Waals surface area contributed by atoms with E-state index in [4.69, 9.17) is 4.74 Å². The van der Waals surface area contributed by atoms with E-state index in [9.17, 15) is 19.5 Å². The third-order valence-electron chi connectivity index (χ3n) is 8.50. The predicted octanol–water partition coefficient (Wildman–Crippen LogP) is 5.93. The van der Waals surface area contributed by atoms with Gasteiger partial charge in [-0.25, -0.2) is 9.97 Å².